The molecule has 7 nitrogen and oxygen atoms in total. The average molecular weight is 1080 g/mol. The molecule has 388 valence electrons. The van der Waals surface area contributed by atoms with Crippen LogP contribution in [0.15, 0.2) is 297 Å². The quantitative estimate of drug-likeness (QED) is 0.107. The number of fused-ring (bicyclic) bond motifs is 12. The molecule has 0 aliphatic heterocycles. The predicted octanol–water partition coefficient (Wildman–Crippen LogP) is 15.3. The van der Waals surface area contributed by atoms with E-state index in [1.165, 1.54) is 36.9 Å². The molecule has 0 aliphatic carbocycles. The number of benzene rings is 12. The van der Waals surface area contributed by atoms with E-state index in [0.717, 1.165) is 88.0 Å². The Morgan fingerprint density at radius 3 is 1.00 bits per heavy atom. The maximum absolute atomic E-state index is 5.76. The van der Waals surface area contributed by atoms with Crippen LogP contribution < -0.4 is 20.7 Å². The van der Waals surface area contributed by atoms with Crippen LogP contribution in [0.1, 0.15) is 0 Å². The Hall–Kier alpha value is -10.9. The van der Waals surface area contributed by atoms with Crippen molar-refractivity contribution in [2.45, 2.75) is 0 Å². The summed E-state index contributed by atoms with van der Waals surface area (Å²) in [6.07, 6.45) is 0. The fourth-order valence-electron chi connectivity index (χ4n) is 13.8. The Bertz CT molecular complexity index is 5200. The van der Waals surface area contributed by atoms with Crippen molar-refractivity contribution in [3.63, 3.8) is 0 Å². The topological polar surface area (TPSA) is 58.4 Å². The molecule has 0 amide bonds. The predicted molar refractivity (Wildman–Crippen MR) is 346 cm³/mol. The van der Waals surface area contributed by atoms with Crippen LogP contribution in [0.3, 0.4) is 0 Å². The molecule has 17 aromatic rings. The van der Waals surface area contributed by atoms with Gasteiger partial charge in [0, 0.05) is 48.7 Å². The largest absolute Gasteiger partial charge is 0.307 e. The van der Waals surface area contributed by atoms with Gasteiger partial charge in [-0.2, -0.15) is 15.0 Å². The summed E-state index contributed by atoms with van der Waals surface area (Å²) >= 11 is 0. The third kappa shape index (κ3) is 6.94. The van der Waals surface area contributed by atoms with Crippen molar-refractivity contribution in [1.82, 2.24) is 33.2 Å². The Balaban J connectivity index is 0.984. The van der Waals surface area contributed by atoms with Crippen molar-refractivity contribution in [2.75, 3.05) is 0 Å². The molecule has 8 heteroatoms. The lowest BCUT2D eigenvalue weighted by atomic mass is 10.1. The van der Waals surface area contributed by atoms with Crippen LogP contribution in [0.5, 0.6) is 0 Å². The second kappa shape index (κ2) is 18.6. The number of hydrogen-bond donors (Lipinski definition) is 0. The van der Waals surface area contributed by atoms with E-state index in [4.69, 9.17) is 15.0 Å². The highest BCUT2D eigenvalue weighted by molar-refractivity contribution is 7.19. The molecule has 0 saturated heterocycles. The van der Waals surface area contributed by atoms with E-state index in [0.29, 0.717) is 17.7 Å². The highest BCUT2D eigenvalue weighted by Gasteiger charge is 2.41. The van der Waals surface area contributed by atoms with Crippen LogP contribution >= 0.6 is 0 Å². The van der Waals surface area contributed by atoms with Gasteiger partial charge in [0.25, 0.3) is 0 Å². The lowest BCUT2D eigenvalue weighted by molar-refractivity contribution is 0.891. The van der Waals surface area contributed by atoms with Gasteiger partial charge in [0.2, 0.25) is 11.9 Å². The second-order valence-corrected chi connectivity index (χ2v) is 25.3. The third-order valence-electron chi connectivity index (χ3n) is 17.2. The summed E-state index contributed by atoms with van der Waals surface area (Å²) in [5.41, 5.74) is 11.5. The first kappa shape index (κ1) is 46.9. The molecule has 5 heterocycles. The number of hydrogen-bond acceptors (Lipinski definition) is 3. The van der Waals surface area contributed by atoms with Crippen molar-refractivity contribution in [3.05, 3.63) is 297 Å². The monoisotopic (exact) mass is 1080 g/mol. The van der Waals surface area contributed by atoms with Crippen LogP contribution in [0, 0.1) is 0 Å². The summed E-state index contributed by atoms with van der Waals surface area (Å²) in [6.45, 7) is 0. The van der Waals surface area contributed by atoms with Crippen LogP contribution in [0.25, 0.3) is 122 Å². The van der Waals surface area contributed by atoms with E-state index in [1.54, 1.807) is 0 Å². The van der Waals surface area contributed by atoms with E-state index < -0.39 is 8.07 Å². The molecular weight excluding hydrogens is 1030 g/mol. The molecule has 5 aromatic heterocycles. The first-order chi connectivity index (χ1) is 41.2. The van der Waals surface area contributed by atoms with E-state index in [1.807, 2.05) is 0 Å². The summed E-state index contributed by atoms with van der Waals surface area (Å²) < 4.78 is 9.46. The minimum Gasteiger partial charge on any atom is -0.307 e. The Morgan fingerprint density at radius 2 is 0.542 bits per heavy atom. The summed E-state index contributed by atoms with van der Waals surface area (Å²) in [7, 11) is -2.97. The highest BCUT2D eigenvalue weighted by atomic mass is 28.3. The lowest BCUT2D eigenvalue weighted by Gasteiger charge is -2.34. The molecule has 0 bridgehead atoms. The van der Waals surface area contributed by atoms with Crippen molar-refractivity contribution >= 4 is 116 Å². The zero-order chi connectivity index (χ0) is 54.6. The minimum absolute atomic E-state index is 0.511. The first-order valence-electron chi connectivity index (χ1n) is 28.3. The molecule has 0 spiro atoms. The van der Waals surface area contributed by atoms with E-state index >= 15 is 0 Å². The molecule has 0 fully saturated rings. The van der Waals surface area contributed by atoms with Gasteiger partial charge >= 0.3 is 0 Å². The molecule has 0 N–H and O–H groups in total. The molecule has 0 unspecified atom stereocenters. The third-order valence-corrected chi connectivity index (χ3v) is 21.9. The van der Waals surface area contributed by atoms with Gasteiger partial charge in [-0.15, -0.1) is 0 Å². The second-order valence-electron chi connectivity index (χ2n) is 21.5. The van der Waals surface area contributed by atoms with Gasteiger partial charge in [0.15, 0.2) is 13.9 Å². The number of para-hydroxylation sites is 8. The van der Waals surface area contributed by atoms with E-state index in [-0.39, 0.29) is 0 Å². The Kier molecular flexibility index (Phi) is 10.5. The van der Waals surface area contributed by atoms with Crippen molar-refractivity contribution in [2.24, 2.45) is 0 Å². The summed E-state index contributed by atoms with van der Waals surface area (Å²) in [5, 5.41) is 14.3. The highest BCUT2D eigenvalue weighted by Crippen LogP contribution is 2.43. The van der Waals surface area contributed by atoms with Gasteiger partial charge in [-0.05, 0) is 69.3 Å². The van der Waals surface area contributed by atoms with Gasteiger partial charge in [-0.1, -0.05) is 249 Å². The number of rotatable bonds is 9. The van der Waals surface area contributed by atoms with Crippen LogP contribution in [-0.2, 0) is 0 Å². The first-order valence-corrected chi connectivity index (χ1v) is 30.3. The fraction of sp³-hybridized carbons (Fsp3) is 0. The molecule has 0 atom stereocenters. The van der Waals surface area contributed by atoms with Gasteiger partial charge < -0.3 is 9.13 Å². The van der Waals surface area contributed by atoms with Crippen molar-refractivity contribution in [3.8, 4) is 34.7 Å². The molecule has 0 aliphatic rings. The lowest BCUT2D eigenvalue weighted by Crippen LogP contribution is -2.74. The maximum Gasteiger partial charge on any atom is 0.240 e. The number of aromatic nitrogens is 7. The average Bonchev–Trinajstić information content (AvgIpc) is 3.06. The van der Waals surface area contributed by atoms with Crippen LogP contribution in [0.4, 0.5) is 0 Å². The van der Waals surface area contributed by atoms with Crippen molar-refractivity contribution < 1.29 is 0 Å². The molecule has 12 aromatic carbocycles. The van der Waals surface area contributed by atoms with E-state index in [9.17, 15) is 0 Å². The maximum atomic E-state index is 5.76. The number of nitrogens with zero attached hydrogens (tertiary/aromatic N) is 7. The fourth-order valence-corrected chi connectivity index (χ4v) is 18.6. The summed E-state index contributed by atoms with van der Waals surface area (Å²) in [5.74, 6) is 1.61. The van der Waals surface area contributed by atoms with Crippen LogP contribution in [0.2, 0.25) is 0 Å². The van der Waals surface area contributed by atoms with Gasteiger partial charge in [-0.25, -0.2) is 0 Å². The van der Waals surface area contributed by atoms with Gasteiger partial charge in [0.1, 0.15) is 0 Å². The van der Waals surface area contributed by atoms with E-state index in [2.05, 4.69) is 316 Å². The normalized spacial score (nSPS) is 12.1. The Labute approximate surface area is 478 Å². The molecule has 17 rings (SSSR count). The van der Waals surface area contributed by atoms with Crippen molar-refractivity contribution in [1.29, 1.82) is 0 Å². The molecule has 83 heavy (non-hydrogen) atoms. The molecular formula is C75H49N7Si. The molecule has 0 saturated carbocycles. The standard InChI is InChI=1S/C75H49N7Si/c1-4-26-51(27-5-1)83(52-28-6-2-7-29-52,53-30-8-3-9-31-53)54-32-22-25-50(49-54)73-76-74(81-66-44-19-12-35-57(66)58-36-13-20-45-67(58)81)78-75(77-73)82-68-46-21-15-38-60(68)62-40-24-48-70(72(62)82)80-65-43-18-14-37-59(65)61-39-23-47-69(71(61)80)79-63-41-16-10-33-55(63)56-34-11-17-42-64(56)79/h1-49H. The smallest absolute Gasteiger partial charge is 0.240 e. The Morgan fingerprint density at radius 1 is 0.229 bits per heavy atom. The summed E-state index contributed by atoms with van der Waals surface area (Å²) in [6, 6.07) is 108. The molecule has 0 radical (unpaired) electrons. The SMILES string of the molecule is c1ccc([Si](c2ccccc2)(c2ccccc2)c2cccc(-c3nc(-n4c5ccccc5c5ccccc54)nc(-n4c5ccccc5c5cccc(-n6c7ccccc7c7cccc(-n8c9ccccc9c9ccccc98)c76)c54)n3)c2)cc1. The van der Waals surface area contributed by atoms with Gasteiger partial charge in [0.05, 0.1) is 55.5 Å². The summed E-state index contributed by atoms with van der Waals surface area (Å²) in [4.78, 5) is 17.1. The van der Waals surface area contributed by atoms with Gasteiger partial charge in [-0.3, -0.25) is 9.13 Å². The van der Waals surface area contributed by atoms with Crippen LogP contribution in [-0.4, -0.2) is 41.3 Å². The zero-order valence-corrected chi connectivity index (χ0v) is 45.9. The minimum atomic E-state index is -2.97. The zero-order valence-electron chi connectivity index (χ0n) is 44.9.